The van der Waals surface area contributed by atoms with E-state index in [2.05, 4.69) is 12.6 Å². The maximum atomic E-state index is 5.53. The Morgan fingerprint density at radius 1 is 1.12 bits per heavy atom. The Morgan fingerprint density at radius 3 is 2.62 bits per heavy atom. The minimum absolute atomic E-state index is 0.635. The molecule has 82 valence electrons. The predicted octanol–water partition coefficient (Wildman–Crippen LogP) is 2.38. The van der Waals surface area contributed by atoms with Crippen molar-refractivity contribution in [3.63, 3.8) is 0 Å². The molecule has 0 fully saturated rings. The fourth-order valence-electron chi connectivity index (χ4n) is 1.58. The Hall–Kier alpha value is -1.48. The van der Waals surface area contributed by atoms with Crippen LogP contribution in [0.3, 0.4) is 0 Å². The Morgan fingerprint density at radius 2 is 1.88 bits per heavy atom. The lowest BCUT2D eigenvalue weighted by atomic mass is 10.1. The number of rotatable bonds is 3. The average Bonchev–Trinajstić information content (AvgIpc) is 2.31. The van der Waals surface area contributed by atoms with Crippen LogP contribution in [-0.4, -0.2) is 6.61 Å². The summed E-state index contributed by atoms with van der Waals surface area (Å²) in [5, 5.41) is 0. The zero-order chi connectivity index (χ0) is 11.4. The monoisotopic (exact) mass is 232 g/mol. The SMILES string of the molecule is CCO[n+]1ccccc1-c1ccccc1S. The number of pyridine rings is 1. The van der Waals surface area contributed by atoms with Gasteiger partial charge in [-0.2, -0.15) is 0 Å². The van der Waals surface area contributed by atoms with Crippen molar-refractivity contribution in [2.24, 2.45) is 0 Å². The van der Waals surface area contributed by atoms with Gasteiger partial charge in [0.15, 0.2) is 6.61 Å². The van der Waals surface area contributed by atoms with Gasteiger partial charge in [-0.05, 0) is 25.1 Å². The van der Waals surface area contributed by atoms with Gasteiger partial charge in [0.25, 0.3) is 5.69 Å². The highest BCUT2D eigenvalue weighted by Gasteiger charge is 2.15. The third-order valence-electron chi connectivity index (χ3n) is 2.27. The van der Waals surface area contributed by atoms with Gasteiger partial charge in [-0.1, -0.05) is 12.1 Å². The number of thiol groups is 1. The van der Waals surface area contributed by atoms with Crippen LogP contribution < -0.4 is 9.57 Å². The van der Waals surface area contributed by atoms with Gasteiger partial charge in [-0.15, -0.1) is 12.6 Å². The number of hydrogen-bond acceptors (Lipinski definition) is 2. The molecule has 1 aromatic heterocycles. The molecule has 0 bridgehead atoms. The molecule has 0 aliphatic carbocycles. The molecule has 2 nitrogen and oxygen atoms in total. The van der Waals surface area contributed by atoms with Gasteiger partial charge >= 0.3 is 0 Å². The summed E-state index contributed by atoms with van der Waals surface area (Å²) in [7, 11) is 0. The first-order valence-electron chi connectivity index (χ1n) is 5.25. The van der Waals surface area contributed by atoms with Crippen molar-refractivity contribution >= 4 is 12.6 Å². The molecule has 0 aliphatic heterocycles. The Bertz CT molecular complexity index is 485. The number of nitrogens with zero attached hydrogens (tertiary/aromatic N) is 1. The van der Waals surface area contributed by atoms with E-state index in [0.29, 0.717) is 6.61 Å². The van der Waals surface area contributed by atoms with Gasteiger partial charge in [0, 0.05) is 21.8 Å². The van der Waals surface area contributed by atoms with Crippen molar-refractivity contribution in [3.8, 4) is 11.3 Å². The molecule has 0 aliphatic rings. The lowest BCUT2D eigenvalue weighted by Gasteiger charge is -2.03. The third kappa shape index (κ3) is 2.19. The summed E-state index contributed by atoms with van der Waals surface area (Å²) in [6.45, 7) is 2.60. The van der Waals surface area contributed by atoms with Crippen molar-refractivity contribution < 1.29 is 9.57 Å². The van der Waals surface area contributed by atoms with E-state index in [1.165, 1.54) is 0 Å². The van der Waals surface area contributed by atoms with Gasteiger partial charge in [0.1, 0.15) is 0 Å². The fraction of sp³-hybridized carbons (Fsp3) is 0.154. The van der Waals surface area contributed by atoms with Crippen molar-refractivity contribution in [2.45, 2.75) is 11.8 Å². The molecule has 3 heteroatoms. The van der Waals surface area contributed by atoms with Crippen LogP contribution in [0, 0.1) is 0 Å². The lowest BCUT2D eigenvalue weighted by molar-refractivity contribution is -0.882. The number of aromatic nitrogens is 1. The molecule has 0 saturated carbocycles. The van der Waals surface area contributed by atoms with Gasteiger partial charge in [-0.25, -0.2) is 0 Å². The number of hydrogen-bond donors (Lipinski definition) is 1. The summed E-state index contributed by atoms with van der Waals surface area (Å²) < 4.78 is 1.77. The molecule has 0 unspecified atom stereocenters. The van der Waals surface area contributed by atoms with E-state index < -0.39 is 0 Å². The zero-order valence-corrected chi connectivity index (χ0v) is 10.0. The van der Waals surface area contributed by atoms with Crippen LogP contribution in [0.2, 0.25) is 0 Å². The van der Waals surface area contributed by atoms with Crippen molar-refractivity contribution in [1.82, 2.24) is 0 Å². The van der Waals surface area contributed by atoms with E-state index in [-0.39, 0.29) is 0 Å². The average molecular weight is 232 g/mol. The van der Waals surface area contributed by atoms with E-state index in [4.69, 9.17) is 4.84 Å². The topological polar surface area (TPSA) is 13.1 Å². The molecule has 2 rings (SSSR count). The first-order valence-corrected chi connectivity index (χ1v) is 5.70. The molecule has 0 radical (unpaired) electrons. The van der Waals surface area contributed by atoms with Gasteiger partial charge in [0.05, 0.1) is 5.56 Å². The maximum Gasteiger partial charge on any atom is 0.265 e. The lowest BCUT2D eigenvalue weighted by Crippen LogP contribution is -2.44. The van der Waals surface area contributed by atoms with Crippen LogP contribution in [0.5, 0.6) is 0 Å². The summed E-state index contributed by atoms with van der Waals surface area (Å²) in [4.78, 5) is 6.48. The fourth-order valence-corrected chi connectivity index (χ4v) is 1.85. The highest BCUT2D eigenvalue weighted by Crippen LogP contribution is 2.22. The molecule has 0 saturated heterocycles. The van der Waals surface area contributed by atoms with Crippen molar-refractivity contribution in [2.75, 3.05) is 6.61 Å². The Balaban J connectivity index is 2.51. The molecular formula is C13H14NOS+. The molecule has 1 aromatic carbocycles. The summed E-state index contributed by atoms with van der Waals surface area (Å²) in [5.74, 6) is 0. The molecule has 0 N–H and O–H groups in total. The first-order chi connectivity index (χ1) is 7.83. The largest absolute Gasteiger partial charge is 0.271 e. The van der Waals surface area contributed by atoms with Gasteiger partial charge < -0.3 is 0 Å². The van der Waals surface area contributed by atoms with E-state index in [1.807, 2.05) is 55.6 Å². The van der Waals surface area contributed by atoms with E-state index in [0.717, 1.165) is 16.2 Å². The van der Waals surface area contributed by atoms with Gasteiger partial charge in [-0.3, -0.25) is 4.84 Å². The highest BCUT2D eigenvalue weighted by molar-refractivity contribution is 7.80. The molecule has 2 aromatic rings. The van der Waals surface area contributed by atoms with Crippen LogP contribution in [-0.2, 0) is 0 Å². The van der Waals surface area contributed by atoms with Crippen molar-refractivity contribution in [3.05, 3.63) is 48.7 Å². The van der Waals surface area contributed by atoms with E-state index >= 15 is 0 Å². The van der Waals surface area contributed by atoms with E-state index in [1.54, 1.807) is 4.73 Å². The predicted molar refractivity (Wildman–Crippen MR) is 66.4 cm³/mol. The smallest absolute Gasteiger partial charge is 0.265 e. The summed E-state index contributed by atoms with van der Waals surface area (Å²) in [6.07, 6.45) is 1.90. The number of benzene rings is 1. The third-order valence-corrected chi connectivity index (χ3v) is 2.66. The summed E-state index contributed by atoms with van der Waals surface area (Å²) in [6, 6.07) is 13.9. The highest BCUT2D eigenvalue weighted by atomic mass is 32.1. The van der Waals surface area contributed by atoms with Crippen molar-refractivity contribution in [1.29, 1.82) is 0 Å². The maximum absolute atomic E-state index is 5.53. The first kappa shape index (κ1) is 11.0. The van der Waals surface area contributed by atoms with E-state index in [9.17, 15) is 0 Å². The van der Waals surface area contributed by atoms with Crippen LogP contribution in [0.1, 0.15) is 6.92 Å². The Kier molecular flexibility index (Phi) is 3.47. The molecule has 0 atom stereocenters. The van der Waals surface area contributed by atoms with Crippen LogP contribution >= 0.6 is 12.6 Å². The molecule has 1 heterocycles. The van der Waals surface area contributed by atoms with Gasteiger partial charge in [0.2, 0.25) is 6.20 Å². The quantitative estimate of drug-likeness (QED) is 0.633. The minimum Gasteiger partial charge on any atom is -0.271 e. The summed E-state index contributed by atoms with van der Waals surface area (Å²) >= 11 is 4.46. The second-order valence-corrected chi connectivity index (χ2v) is 3.83. The molecule has 0 spiro atoms. The Labute approximate surface area is 101 Å². The second-order valence-electron chi connectivity index (χ2n) is 3.35. The van der Waals surface area contributed by atoms with Crippen LogP contribution in [0.4, 0.5) is 0 Å². The standard InChI is InChI=1S/C13H13NOS/c1-2-15-14-10-6-5-8-12(14)11-7-3-4-9-13(11)16/h3-10H,2H2,1H3/p+1. The molecule has 0 amide bonds. The second kappa shape index (κ2) is 5.03. The normalized spacial score (nSPS) is 10.1. The van der Waals surface area contributed by atoms with Crippen LogP contribution in [0.15, 0.2) is 53.6 Å². The molecular weight excluding hydrogens is 218 g/mol. The van der Waals surface area contributed by atoms with Crippen LogP contribution in [0.25, 0.3) is 11.3 Å². The summed E-state index contributed by atoms with van der Waals surface area (Å²) in [5.41, 5.74) is 2.08. The molecule has 16 heavy (non-hydrogen) atoms. The minimum atomic E-state index is 0.635. The zero-order valence-electron chi connectivity index (χ0n) is 9.13.